The van der Waals surface area contributed by atoms with Crippen molar-refractivity contribution in [3.05, 3.63) is 24.3 Å². The maximum Gasteiger partial charge on any atom is 0.411 e. The van der Waals surface area contributed by atoms with Crippen LogP contribution in [0.5, 0.6) is 0 Å². The zero-order chi connectivity index (χ0) is 13.0. The summed E-state index contributed by atoms with van der Waals surface area (Å²) >= 11 is 0. The van der Waals surface area contributed by atoms with Gasteiger partial charge in [-0.3, -0.25) is 10.2 Å². The summed E-state index contributed by atoms with van der Waals surface area (Å²) in [6.07, 6.45) is -0.500. The molecule has 1 fully saturated rings. The molecule has 1 aliphatic rings. The highest BCUT2D eigenvalue weighted by Gasteiger charge is 2.21. The van der Waals surface area contributed by atoms with Crippen molar-refractivity contribution in [2.24, 2.45) is 0 Å². The Kier molecular flexibility index (Phi) is 3.66. The minimum absolute atomic E-state index is 0.122. The van der Waals surface area contributed by atoms with Gasteiger partial charge in [-0.05, 0) is 25.1 Å². The van der Waals surface area contributed by atoms with E-state index in [0.29, 0.717) is 25.4 Å². The molecule has 2 N–H and O–H groups in total. The molecule has 1 saturated heterocycles. The maximum absolute atomic E-state index is 11.5. The number of nitrogens with zero attached hydrogens (tertiary/aromatic N) is 1. The van der Waals surface area contributed by atoms with Gasteiger partial charge in [0.05, 0.1) is 6.61 Å². The number of ether oxygens (including phenoxy) is 1. The van der Waals surface area contributed by atoms with E-state index >= 15 is 0 Å². The van der Waals surface area contributed by atoms with E-state index in [1.807, 2.05) is 6.07 Å². The summed E-state index contributed by atoms with van der Waals surface area (Å²) in [5.74, 6) is 0. The highest BCUT2D eigenvalue weighted by atomic mass is 16.5. The zero-order valence-electron chi connectivity index (χ0n) is 10.1. The number of amides is 3. The van der Waals surface area contributed by atoms with Crippen LogP contribution in [-0.2, 0) is 4.74 Å². The molecule has 0 aliphatic carbocycles. The third-order valence-electron chi connectivity index (χ3n) is 2.54. The second-order valence-electron chi connectivity index (χ2n) is 3.78. The third kappa shape index (κ3) is 2.71. The van der Waals surface area contributed by atoms with Crippen LogP contribution in [0, 0.1) is 0 Å². The lowest BCUT2D eigenvalue weighted by Crippen LogP contribution is -2.27. The van der Waals surface area contributed by atoms with Crippen LogP contribution in [-0.4, -0.2) is 31.8 Å². The van der Waals surface area contributed by atoms with E-state index in [-0.39, 0.29) is 6.03 Å². The van der Waals surface area contributed by atoms with Crippen molar-refractivity contribution in [3.63, 3.8) is 0 Å². The summed E-state index contributed by atoms with van der Waals surface area (Å²) < 4.78 is 4.79. The normalized spacial score (nSPS) is 14.3. The summed E-state index contributed by atoms with van der Waals surface area (Å²) in [5.41, 5.74) is 1.35. The summed E-state index contributed by atoms with van der Waals surface area (Å²) in [6, 6.07) is 6.96. The van der Waals surface area contributed by atoms with Crippen molar-refractivity contribution in [3.8, 4) is 0 Å². The van der Waals surface area contributed by atoms with Crippen LogP contribution in [0.3, 0.4) is 0 Å². The van der Waals surface area contributed by atoms with Crippen LogP contribution in [0.1, 0.15) is 6.92 Å². The molecule has 1 aromatic rings. The predicted molar refractivity (Wildman–Crippen MR) is 67.8 cm³/mol. The Morgan fingerprint density at radius 2 is 2.39 bits per heavy atom. The minimum atomic E-state index is -0.500. The first kappa shape index (κ1) is 12.2. The maximum atomic E-state index is 11.5. The van der Waals surface area contributed by atoms with E-state index in [2.05, 4.69) is 10.6 Å². The van der Waals surface area contributed by atoms with Crippen LogP contribution < -0.4 is 15.5 Å². The molecule has 3 amide bonds. The third-order valence-corrected chi connectivity index (χ3v) is 2.54. The lowest BCUT2D eigenvalue weighted by molar-refractivity contribution is 0.168. The number of carbonyl (C=O) groups excluding carboxylic acids is 2. The molecule has 2 rings (SSSR count). The molecule has 0 spiro atoms. The Morgan fingerprint density at radius 3 is 3.06 bits per heavy atom. The van der Waals surface area contributed by atoms with Gasteiger partial charge in [0.25, 0.3) is 0 Å². The van der Waals surface area contributed by atoms with Crippen molar-refractivity contribution in [2.45, 2.75) is 6.92 Å². The lowest BCUT2D eigenvalue weighted by Gasteiger charge is -2.15. The van der Waals surface area contributed by atoms with Gasteiger partial charge in [-0.2, -0.15) is 0 Å². The largest absolute Gasteiger partial charge is 0.450 e. The van der Waals surface area contributed by atoms with Crippen LogP contribution in [0.2, 0.25) is 0 Å². The summed E-state index contributed by atoms with van der Waals surface area (Å²) in [4.78, 5) is 24.4. The Labute approximate surface area is 105 Å². The first-order chi connectivity index (χ1) is 8.70. The van der Waals surface area contributed by atoms with Gasteiger partial charge in [-0.25, -0.2) is 9.59 Å². The monoisotopic (exact) mass is 249 g/mol. The molecule has 1 heterocycles. The quantitative estimate of drug-likeness (QED) is 0.857. The Morgan fingerprint density at radius 1 is 1.56 bits per heavy atom. The molecule has 1 aromatic carbocycles. The first-order valence-electron chi connectivity index (χ1n) is 5.80. The molecule has 0 atom stereocenters. The smallest absolute Gasteiger partial charge is 0.411 e. The van der Waals surface area contributed by atoms with Gasteiger partial charge >= 0.3 is 12.1 Å². The molecule has 0 unspecified atom stereocenters. The molecule has 0 radical (unpaired) electrons. The SMILES string of the molecule is CCOC(=O)Nc1cccc(N2CCNC2=O)c1. The van der Waals surface area contributed by atoms with Gasteiger partial charge < -0.3 is 10.1 Å². The topological polar surface area (TPSA) is 70.7 Å². The molecule has 6 nitrogen and oxygen atoms in total. The summed E-state index contributed by atoms with van der Waals surface area (Å²) in [5, 5.41) is 5.33. The molecule has 0 saturated carbocycles. The molecule has 96 valence electrons. The van der Waals surface area contributed by atoms with Crippen molar-refractivity contribution in [1.29, 1.82) is 0 Å². The van der Waals surface area contributed by atoms with Crippen molar-refractivity contribution in [2.75, 3.05) is 29.9 Å². The van der Waals surface area contributed by atoms with E-state index < -0.39 is 6.09 Å². The van der Waals surface area contributed by atoms with E-state index in [0.717, 1.165) is 5.69 Å². The predicted octanol–water partition coefficient (Wildman–Crippen LogP) is 1.78. The zero-order valence-corrected chi connectivity index (χ0v) is 10.1. The van der Waals surface area contributed by atoms with Gasteiger partial charge in [0.2, 0.25) is 0 Å². The van der Waals surface area contributed by atoms with Gasteiger partial charge in [0.15, 0.2) is 0 Å². The second-order valence-corrected chi connectivity index (χ2v) is 3.78. The van der Waals surface area contributed by atoms with Crippen LogP contribution in [0.15, 0.2) is 24.3 Å². The molecule has 18 heavy (non-hydrogen) atoms. The van der Waals surface area contributed by atoms with E-state index in [4.69, 9.17) is 4.74 Å². The summed E-state index contributed by atoms with van der Waals surface area (Å²) in [7, 11) is 0. The molecule has 0 bridgehead atoms. The van der Waals surface area contributed by atoms with Crippen molar-refractivity contribution in [1.82, 2.24) is 5.32 Å². The number of anilines is 2. The van der Waals surface area contributed by atoms with E-state index in [1.165, 1.54) is 0 Å². The molecule has 0 aromatic heterocycles. The number of urea groups is 1. The fraction of sp³-hybridized carbons (Fsp3) is 0.333. The van der Waals surface area contributed by atoms with Crippen LogP contribution in [0.25, 0.3) is 0 Å². The van der Waals surface area contributed by atoms with Crippen LogP contribution in [0.4, 0.5) is 21.0 Å². The van der Waals surface area contributed by atoms with E-state index in [1.54, 1.807) is 30.0 Å². The lowest BCUT2D eigenvalue weighted by atomic mass is 10.2. The number of nitrogens with one attached hydrogen (secondary N) is 2. The standard InChI is InChI=1S/C12H15N3O3/c1-2-18-12(17)14-9-4-3-5-10(8-9)15-7-6-13-11(15)16/h3-5,8H,2,6-7H2,1H3,(H,13,16)(H,14,17). The van der Waals surface area contributed by atoms with Gasteiger partial charge in [0, 0.05) is 24.5 Å². The number of benzene rings is 1. The number of hydrogen-bond donors (Lipinski definition) is 2. The van der Waals surface area contributed by atoms with E-state index in [9.17, 15) is 9.59 Å². The average Bonchev–Trinajstić information content (AvgIpc) is 2.76. The minimum Gasteiger partial charge on any atom is -0.450 e. The second kappa shape index (κ2) is 5.39. The van der Waals surface area contributed by atoms with Gasteiger partial charge in [0.1, 0.15) is 0 Å². The summed E-state index contributed by atoms with van der Waals surface area (Å²) in [6.45, 7) is 3.32. The average molecular weight is 249 g/mol. The van der Waals surface area contributed by atoms with Crippen molar-refractivity contribution < 1.29 is 14.3 Å². The Hall–Kier alpha value is -2.24. The first-order valence-corrected chi connectivity index (χ1v) is 5.80. The molecular formula is C12H15N3O3. The number of carbonyl (C=O) groups is 2. The van der Waals surface area contributed by atoms with Crippen molar-refractivity contribution >= 4 is 23.5 Å². The highest BCUT2D eigenvalue weighted by Crippen LogP contribution is 2.21. The molecule has 6 heteroatoms. The Balaban J connectivity index is 2.10. The number of hydrogen-bond acceptors (Lipinski definition) is 3. The van der Waals surface area contributed by atoms with Gasteiger partial charge in [-0.15, -0.1) is 0 Å². The molecular weight excluding hydrogens is 234 g/mol. The van der Waals surface area contributed by atoms with Crippen LogP contribution >= 0.6 is 0 Å². The fourth-order valence-electron chi connectivity index (χ4n) is 1.75. The van der Waals surface area contributed by atoms with Gasteiger partial charge in [-0.1, -0.05) is 6.07 Å². The fourth-order valence-corrected chi connectivity index (χ4v) is 1.75. The highest BCUT2D eigenvalue weighted by molar-refractivity contribution is 5.95. The Bertz CT molecular complexity index is 462. The molecule has 1 aliphatic heterocycles. The number of rotatable bonds is 3.